The SMILES string of the molecule is CCN1C(=O)C=CC1=O.CCN1C(=O)C=CC1=O. The Labute approximate surface area is 105 Å². The first-order chi connectivity index (χ1) is 8.51. The Morgan fingerprint density at radius 1 is 0.667 bits per heavy atom. The number of hydrogen-bond donors (Lipinski definition) is 0. The molecule has 2 aliphatic rings. The summed E-state index contributed by atoms with van der Waals surface area (Å²) in [5.74, 6) is -0.824. The third-order valence-electron chi connectivity index (χ3n) is 2.43. The molecule has 0 saturated carbocycles. The molecule has 0 fully saturated rings. The monoisotopic (exact) mass is 250 g/mol. The highest BCUT2D eigenvalue weighted by Crippen LogP contribution is 2.01. The molecule has 0 bridgehead atoms. The molecular formula is C12H14N2O4. The van der Waals surface area contributed by atoms with Crippen LogP contribution in [0, 0.1) is 0 Å². The highest BCUT2D eigenvalue weighted by atomic mass is 16.2. The van der Waals surface area contributed by atoms with Gasteiger partial charge in [0.1, 0.15) is 0 Å². The third kappa shape index (κ3) is 2.91. The molecule has 18 heavy (non-hydrogen) atoms. The molecule has 0 aromatic rings. The molecule has 0 N–H and O–H groups in total. The molecule has 4 amide bonds. The summed E-state index contributed by atoms with van der Waals surface area (Å²) in [6, 6.07) is 0. The van der Waals surface area contributed by atoms with Gasteiger partial charge < -0.3 is 0 Å². The minimum Gasteiger partial charge on any atom is -0.276 e. The van der Waals surface area contributed by atoms with Crippen LogP contribution >= 0.6 is 0 Å². The van der Waals surface area contributed by atoms with Crippen LogP contribution in [0.15, 0.2) is 24.3 Å². The largest absolute Gasteiger partial charge is 0.276 e. The molecule has 0 saturated heterocycles. The second kappa shape index (κ2) is 5.90. The lowest BCUT2D eigenvalue weighted by atomic mass is 10.5. The van der Waals surface area contributed by atoms with E-state index in [9.17, 15) is 19.2 Å². The first-order valence-electron chi connectivity index (χ1n) is 5.58. The number of carbonyl (C=O) groups is 4. The number of rotatable bonds is 2. The summed E-state index contributed by atoms with van der Waals surface area (Å²) in [5.41, 5.74) is 0. The van der Waals surface area contributed by atoms with Crippen LogP contribution in [0.1, 0.15) is 13.8 Å². The molecule has 0 unspecified atom stereocenters. The molecule has 0 aromatic heterocycles. The van der Waals surface area contributed by atoms with Crippen LogP contribution in [-0.4, -0.2) is 46.5 Å². The molecule has 2 aliphatic heterocycles. The van der Waals surface area contributed by atoms with Gasteiger partial charge in [0.2, 0.25) is 0 Å². The number of carbonyl (C=O) groups excluding carboxylic acids is 4. The van der Waals surface area contributed by atoms with Gasteiger partial charge in [-0.15, -0.1) is 0 Å². The standard InChI is InChI=1S/2C6H7NO2/c2*1-2-7-5(8)3-4-6(7)9/h2*3-4H,2H2,1H3. The van der Waals surface area contributed by atoms with E-state index in [0.29, 0.717) is 13.1 Å². The van der Waals surface area contributed by atoms with Gasteiger partial charge >= 0.3 is 0 Å². The highest BCUT2D eigenvalue weighted by Gasteiger charge is 2.20. The molecule has 6 nitrogen and oxygen atoms in total. The summed E-state index contributed by atoms with van der Waals surface area (Å²) < 4.78 is 0. The molecule has 0 atom stereocenters. The normalized spacial score (nSPS) is 17.7. The Morgan fingerprint density at radius 3 is 1.00 bits per heavy atom. The lowest BCUT2D eigenvalue weighted by Crippen LogP contribution is -2.29. The van der Waals surface area contributed by atoms with Crippen molar-refractivity contribution in [2.45, 2.75) is 13.8 Å². The fourth-order valence-electron chi connectivity index (χ4n) is 1.49. The van der Waals surface area contributed by atoms with Crippen LogP contribution in [0.4, 0.5) is 0 Å². The number of likely N-dealkylation sites (N-methyl/N-ethyl adjacent to an activating group) is 2. The second-order valence-corrected chi connectivity index (χ2v) is 3.51. The maximum atomic E-state index is 10.6. The Bertz CT molecular complexity index is 373. The molecule has 2 rings (SSSR count). The van der Waals surface area contributed by atoms with Crippen LogP contribution in [-0.2, 0) is 19.2 Å². The van der Waals surface area contributed by atoms with Crippen molar-refractivity contribution in [3.8, 4) is 0 Å². The van der Waals surface area contributed by atoms with E-state index < -0.39 is 0 Å². The van der Waals surface area contributed by atoms with Crippen molar-refractivity contribution in [2.75, 3.05) is 13.1 Å². The predicted molar refractivity (Wildman–Crippen MR) is 63.1 cm³/mol. The van der Waals surface area contributed by atoms with E-state index in [1.165, 1.54) is 34.1 Å². The van der Waals surface area contributed by atoms with Gasteiger partial charge in [-0.3, -0.25) is 29.0 Å². The van der Waals surface area contributed by atoms with E-state index in [1.54, 1.807) is 13.8 Å². The highest BCUT2D eigenvalue weighted by molar-refractivity contribution is 6.13. The van der Waals surface area contributed by atoms with Crippen molar-refractivity contribution in [3.63, 3.8) is 0 Å². The average molecular weight is 250 g/mol. The summed E-state index contributed by atoms with van der Waals surface area (Å²) in [4.78, 5) is 44.9. The van der Waals surface area contributed by atoms with E-state index >= 15 is 0 Å². The van der Waals surface area contributed by atoms with Crippen molar-refractivity contribution in [1.29, 1.82) is 0 Å². The fourth-order valence-corrected chi connectivity index (χ4v) is 1.49. The Balaban J connectivity index is 0.000000180. The van der Waals surface area contributed by atoms with Crippen molar-refractivity contribution in [3.05, 3.63) is 24.3 Å². The molecule has 0 aliphatic carbocycles. The Morgan fingerprint density at radius 2 is 0.889 bits per heavy atom. The topological polar surface area (TPSA) is 74.8 Å². The van der Waals surface area contributed by atoms with E-state index in [4.69, 9.17) is 0 Å². The van der Waals surface area contributed by atoms with Crippen LogP contribution in [0.2, 0.25) is 0 Å². The van der Waals surface area contributed by atoms with Gasteiger partial charge in [0.25, 0.3) is 23.6 Å². The second-order valence-electron chi connectivity index (χ2n) is 3.51. The third-order valence-corrected chi connectivity index (χ3v) is 2.43. The zero-order chi connectivity index (χ0) is 13.7. The van der Waals surface area contributed by atoms with Gasteiger partial charge in [0, 0.05) is 37.4 Å². The quantitative estimate of drug-likeness (QED) is 0.639. The fraction of sp³-hybridized carbons (Fsp3) is 0.333. The Hall–Kier alpha value is -2.24. The molecule has 2 heterocycles. The molecule has 96 valence electrons. The zero-order valence-corrected chi connectivity index (χ0v) is 10.3. The molecule has 6 heteroatoms. The van der Waals surface area contributed by atoms with Crippen LogP contribution < -0.4 is 0 Å². The van der Waals surface area contributed by atoms with Gasteiger partial charge in [-0.2, -0.15) is 0 Å². The number of amides is 4. The van der Waals surface area contributed by atoms with E-state index in [0.717, 1.165) is 0 Å². The van der Waals surface area contributed by atoms with Gasteiger partial charge in [-0.25, -0.2) is 0 Å². The van der Waals surface area contributed by atoms with Crippen molar-refractivity contribution >= 4 is 23.6 Å². The minimum absolute atomic E-state index is 0.206. The first kappa shape index (κ1) is 13.8. The number of imide groups is 2. The predicted octanol–water partition coefficient (Wildman–Crippen LogP) is -0.137. The van der Waals surface area contributed by atoms with Crippen molar-refractivity contribution < 1.29 is 19.2 Å². The van der Waals surface area contributed by atoms with E-state index in [2.05, 4.69) is 0 Å². The average Bonchev–Trinajstić information content (AvgIpc) is 2.83. The van der Waals surface area contributed by atoms with Crippen LogP contribution in [0.3, 0.4) is 0 Å². The number of nitrogens with zero attached hydrogens (tertiary/aromatic N) is 2. The zero-order valence-electron chi connectivity index (χ0n) is 10.3. The van der Waals surface area contributed by atoms with Gasteiger partial charge in [0.15, 0.2) is 0 Å². The lowest BCUT2D eigenvalue weighted by molar-refractivity contribution is -0.138. The lowest BCUT2D eigenvalue weighted by Gasteiger charge is -2.08. The smallest absolute Gasteiger partial charge is 0.253 e. The van der Waals surface area contributed by atoms with Crippen molar-refractivity contribution in [1.82, 2.24) is 9.80 Å². The molecule has 0 radical (unpaired) electrons. The number of hydrogen-bond acceptors (Lipinski definition) is 4. The first-order valence-corrected chi connectivity index (χ1v) is 5.58. The summed E-state index contributed by atoms with van der Waals surface area (Å²) in [6.07, 6.45) is 5.13. The summed E-state index contributed by atoms with van der Waals surface area (Å²) in [7, 11) is 0. The van der Waals surface area contributed by atoms with Crippen LogP contribution in [0.25, 0.3) is 0 Å². The maximum Gasteiger partial charge on any atom is 0.253 e. The Kier molecular flexibility index (Phi) is 4.53. The van der Waals surface area contributed by atoms with Gasteiger partial charge in [0.05, 0.1) is 0 Å². The van der Waals surface area contributed by atoms with E-state index in [1.807, 2.05) is 0 Å². The molecular weight excluding hydrogens is 236 g/mol. The van der Waals surface area contributed by atoms with Crippen molar-refractivity contribution in [2.24, 2.45) is 0 Å². The summed E-state index contributed by atoms with van der Waals surface area (Å²) >= 11 is 0. The summed E-state index contributed by atoms with van der Waals surface area (Å²) in [6.45, 7) is 4.46. The van der Waals surface area contributed by atoms with E-state index in [-0.39, 0.29) is 23.6 Å². The van der Waals surface area contributed by atoms with Crippen LogP contribution in [0.5, 0.6) is 0 Å². The molecule has 0 aromatic carbocycles. The van der Waals surface area contributed by atoms with Gasteiger partial charge in [-0.1, -0.05) is 0 Å². The minimum atomic E-state index is -0.206. The maximum absolute atomic E-state index is 10.6. The van der Waals surface area contributed by atoms with Gasteiger partial charge in [-0.05, 0) is 13.8 Å². The molecule has 0 spiro atoms. The summed E-state index contributed by atoms with van der Waals surface area (Å²) in [5, 5.41) is 0.